The molecule has 0 radical (unpaired) electrons. The molecule has 0 aliphatic carbocycles. The van der Waals surface area contributed by atoms with E-state index in [4.69, 9.17) is 15.3 Å². The van der Waals surface area contributed by atoms with Crippen molar-refractivity contribution < 1.29 is 15.3 Å². The Morgan fingerprint density at radius 2 is 1.75 bits per heavy atom. The van der Waals surface area contributed by atoms with Crippen molar-refractivity contribution in [3.63, 3.8) is 0 Å². The fourth-order valence-corrected chi connectivity index (χ4v) is 0.274. The first kappa shape index (κ1) is 7.88. The molecule has 0 saturated heterocycles. The molecule has 0 spiro atoms. The molecule has 0 aromatic heterocycles. The zero-order valence-corrected chi connectivity index (χ0v) is 5.13. The van der Waals surface area contributed by atoms with Crippen molar-refractivity contribution >= 4 is 0 Å². The monoisotopic (exact) mass is 120 g/mol. The van der Waals surface area contributed by atoms with E-state index < -0.39 is 11.9 Å². The van der Waals surface area contributed by atoms with Crippen molar-refractivity contribution in [3.8, 4) is 0 Å². The molecule has 50 valence electrons. The van der Waals surface area contributed by atoms with E-state index in [-0.39, 0.29) is 0 Å². The zero-order valence-electron chi connectivity index (χ0n) is 5.13. The van der Waals surface area contributed by atoms with Gasteiger partial charge in [-0.2, -0.15) is 0 Å². The summed E-state index contributed by atoms with van der Waals surface area (Å²) in [5, 5.41) is 25.2. The molecule has 0 amide bonds. The van der Waals surface area contributed by atoms with Gasteiger partial charge in [0.05, 0.1) is 0 Å². The molecule has 8 heavy (non-hydrogen) atoms. The summed E-state index contributed by atoms with van der Waals surface area (Å²) < 4.78 is 0. The van der Waals surface area contributed by atoms with Crippen LogP contribution >= 0.6 is 0 Å². The van der Waals surface area contributed by atoms with Crippen LogP contribution in [0, 0.1) is 5.92 Å². The van der Waals surface area contributed by atoms with Crippen LogP contribution < -0.4 is 0 Å². The highest BCUT2D eigenvalue weighted by Crippen LogP contribution is 2.12. The summed E-state index contributed by atoms with van der Waals surface area (Å²) in [6.07, 6.45) is 0.545. The molecule has 0 bridgehead atoms. The Morgan fingerprint density at radius 3 is 1.75 bits per heavy atom. The maximum atomic E-state index is 8.40. The van der Waals surface area contributed by atoms with E-state index in [1.807, 2.05) is 0 Å². The Hall–Kier alpha value is -0.120. The number of aliphatic hydroxyl groups is 3. The lowest BCUT2D eigenvalue weighted by atomic mass is 10.1. The van der Waals surface area contributed by atoms with Gasteiger partial charge in [-0.05, 0) is 6.42 Å². The molecule has 0 heterocycles. The van der Waals surface area contributed by atoms with Crippen molar-refractivity contribution in [1.82, 2.24) is 0 Å². The standard InChI is InChI=1S/C5H12O3/c1-3-4(2)5(6,7)8/h4,6-8H,3H2,1-2H3. The Kier molecular flexibility index (Phi) is 2.40. The van der Waals surface area contributed by atoms with Gasteiger partial charge >= 0.3 is 0 Å². The number of hydrogen-bond acceptors (Lipinski definition) is 3. The summed E-state index contributed by atoms with van der Waals surface area (Å²) in [6.45, 7) is 3.32. The second kappa shape index (κ2) is 2.44. The first-order valence-corrected chi connectivity index (χ1v) is 2.65. The SMILES string of the molecule is CCC(C)C(O)(O)O. The lowest BCUT2D eigenvalue weighted by Crippen LogP contribution is -2.34. The van der Waals surface area contributed by atoms with Crippen LogP contribution in [0.2, 0.25) is 0 Å². The van der Waals surface area contributed by atoms with Crippen molar-refractivity contribution in [2.24, 2.45) is 5.92 Å². The quantitative estimate of drug-likeness (QED) is 0.437. The Bertz CT molecular complexity index is 64.6. The molecular formula is C5H12O3. The molecule has 0 aromatic carbocycles. The Morgan fingerprint density at radius 1 is 1.38 bits per heavy atom. The van der Waals surface area contributed by atoms with Crippen LogP contribution in [-0.2, 0) is 0 Å². The molecule has 3 N–H and O–H groups in total. The molecule has 0 rings (SSSR count). The van der Waals surface area contributed by atoms with Crippen molar-refractivity contribution in [1.29, 1.82) is 0 Å². The van der Waals surface area contributed by atoms with Gasteiger partial charge in [-0.25, -0.2) is 0 Å². The second-order valence-corrected chi connectivity index (χ2v) is 2.00. The van der Waals surface area contributed by atoms with E-state index in [0.717, 1.165) is 0 Å². The van der Waals surface area contributed by atoms with Gasteiger partial charge in [0.1, 0.15) is 0 Å². The van der Waals surface area contributed by atoms with Gasteiger partial charge < -0.3 is 15.3 Å². The molecule has 0 aliphatic heterocycles. The van der Waals surface area contributed by atoms with Crippen LogP contribution in [0.5, 0.6) is 0 Å². The smallest absolute Gasteiger partial charge is 0.277 e. The molecule has 0 aliphatic rings. The normalized spacial score (nSPS) is 16.1. The molecular weight excluding hydrogens is 108 g/mol. The van der Waals surface area contributed by atoms with E-state index in [2.05, 4.69) is 0 Å². The Balaban J connectivity index is 3.62. The highest BCUT2D eigenvalue weighted by atomic mass is 16.7. The summed E-state index contributed by atoms with van der Waals surface area (Å²) in [5.74, 6) is -2.98. The summed E-state index contributed by atoms with van der Waals surface area (Å²) >= 11 is 0. The summed E-state index contributed by atoms with van der Waals surface area (Å²) in [7, 11) is 0. The fourth-order valence-electron chi connectivity index (χ4n) is 0.274. The second-order valence-electron chi connectivity index (χ2n) is 2.00. The van der Waals surface area contributed by atoms with E-state index in [1.165, 1.54) is 0 Å². The average molecular weight is 120 g/mol. The van der Waals surface area contributed by atoms with E-state index in [0.29, 0.717) is 6.42 Å². The third-order valence-corrected chi connectivity index (χ3v) is 1.27. The molecule has 0 aromatic rings. The predicted molar refractivity (Wildman–Crippen MR) is 28.8 cm³/mol. The van der Waals surface area contributed by atoms with E-state index in [1.54, 1.807) is 13.8 Å². The minimum atomic E-state index is -2.49. The highest BCUT2D eigenvalue weighted by Gasteiger charge is 2.25. The first-order valence-electron chi connectivity index (χ1n) is 2.65. The average Bonchev–Trinajstić information content (AvgIpc) is 1.62. The van der Waals surface area contributed by atoms with Crippen LogP contribution in [0.15, 0.2) is 0 Å². The third kappa shape index (κ3) is 2.26. The van der Waals surface area contributed by atoms with Gasteiger partial charge in [0.2, 0.25) is 0 Å². The zero-order chi connectivity index (χ0) is 6.78. The largest absolute Gasteiger partial charge is 0.343 e. The Labute approximate surface area is 48.6 Å². The molecule has 1 unspecified atom stereocenters. The van der Waals surface area contributed by atoms with Gasteiger partial charge in [0.25, 0.3) is 5.97 Å². The molecule has 3 heteroatoms. The maximum absolute atomic E-state index is 8.40. The van der Waals surface area contributed by atoms with Crippen molar-refractivity contribution in [2.75, 3.05) is 0 Å². The minimum absolute atomic E-state index is 0.484. The van der Waals surface area contributed by atoms with Crippen LogP contribution in [0.3, 0.4) is 0 Å². The van der Waals surface area contributed by atoms with Gasteiger partial charge in [0.15, 0.2) is 0 Å². The van der Waals surface area contributed by atoms with Crippen LogP contribution in [-0.4, -0.2) is 21.3 Å². The number of rotatable bonds is 2. The van der Waals surface area contributed by atoms with Gasteiger partial charge in [-0.1, -0.05) is 13.8 Å². The molecule has 0 saturated carbocycles. The van der Waals surface area contributed by atoms with Gasteiger partial charge in [-0.3, -0.25) is 0 Å². The lowest BCUT2D eigenvalue weighted by Gasteiger charge is -2.19. The van der Waals surface area contributed by atoms with E-state index >= 15 is 0 Å². The summed E-state index contributed by atoms with van der Waals surface area (Å²) in [4.78, 5) is 0. The van der Waals surface area contributed by atoms with E-state index in [9.17, 15) is 0 Å². The third-order valence-electron chi connectivity index (χ3n) is 1.27. The molecule has 1 atom stereocenters. The maximum Gasteiger partial charge on any atom is 0.277 e. The minimum Gasteiger partial charge on any atom is -0.343 e. The fraction of sp³-hybridized carbons (Fsp3) is 1.00. The summed E-state index contributed by atoms with van der Waals surface area (Å²) in [5.41, 5.74) is 0. The summed E-state index contributed by atoms with van der Waals surface area (Å²) in [6, 6.07) is 0. The van der Waals surface area contributed by atoms with Crippen LogP contribution in [0.4, 0.5) is 0 Å². The highest BCUT2D eigenvalue weighted by molar-refractivity contribution is 4.55. The molecule has 3 nitrogen and oxygen atoms in total. The van der Waals surface area contributed by atoms with Gasteiger partial charge in [0, 0.05) is 5.92 Å². The first-order chi connectivity index (χ1) is 3.48. The van der Waals surface area contributed by atoms with Crippen LogP contribution in [0.1, 0.15) is 20.3 Å². The topological polar surface area (TPSA) is 60.7 Å². The van der Waals surface area contributed by atoms with Crippen molar-refractivity contribution in [2.45, 2.75) is 26.2 Å². The number of hydrogen-bond donors (Lipinski definition) is 3. The van der Waals surface area contributed by atoms with Crippen molar-refractivity contribution in [3.05, 3.63) is 0 Å². The predicted octanol–water partition coefficient (Wildman–Crippen LogP) is -0.337. The van der Waals surface area contributed by atoms with Gasteiger partial charge in [-0.15, -0.1) is 0 Å². The molecule has 0 fully saturated rings. The van der Waals surface area contributed by atoms with Crippen LogP contribution in [0.25, 0.3) is 0 Å². The lowest BCUT2D eigenvalue weighted by molar-refractivity contribution is -0.339.